The molecule has 0 N–H and O–H groups in total. The predicted octanol–water partition coefficient (Wildman–Crippen LogP) is 12.9. The van der Waals surface area contributed by atoms with Crippen LogP contribution in [0.1, 0.15) is 0 Å². The lowest BCUT2D eigenvalue weighted by atomic mass is 9.98. The molecule has 234 valence electrons. The number of benzene rings is 7. The molecule has 0 fully saturated rings. The molecule has 3 aromatic heterocycles. The lowest BCUT2D eigenvalue weighted by Crippen LogP contribution is -2.00. The van der Waals surface area contributed by atoms with Gasteiger partial charge in [-0.3, -0.25) is 0 Å². The summed E-state index contributed by atoms with van der Waals surface area (Å²) in [4.78, 5) is 15.3. The van der Waals surface area contributed by atoms with Gasteiger partial charge >= 0.3 is 0 Å². The molecule has 3 heterocycles. The van der Waals surface area contributed by atoms with Gasteiger partial charge in [-0.25, -0.2) is 15.0 Å². The number of nitrogens with zero attached hydrogens (tertiary/aromatic N) is 3. The first-order chi connectivity index (χ1) is 24.8. The fourth-order valence-electron chi connectivity index (χ4n) is 6.99. The average molecular weight is 674 g/mol. The monoisotopic (exact) mass is 673 g/mol. The molecule has 0 amide bonds. The summed E-state index contributed by atoms with van der Waals surface area (Å²) in [7, 11) is 0. The van der Waals surface area contributed by atoms with Gasteiger partial charge in [0.05, 0.1) is 0 Å². The lowest BCUT2D eigenvalue weighted by Gasteiger charge is -2.11. The Kier molecular flexibility index (Phi) is 6.86. The van der Waals surface area contributed by atoms with E-state index >= 15 is 0 Å². The van der Waals surface area contributed by atoms with Gasteiger partial charge in [0.15, 0.2) is 17.5 Å². The molecule has 0 aliphatic carbocycles. The second kappa shape index (κ2) is 11.8. The molecule has 0 spiro atoms. The minimum atomic E-state index is 0.648. The number of thiophene rings is 2. The number of aromatic nitrogens is 3. The quantitative estimate of drug-likeness (QED) is 0.182. The zero-order valence-corrected chi connectivity index (χ0v) is 28.4. The molecule has 0 unspecified atom stereocenters. The molecule has 5 heteroatoms. The van der Waals surface area contributed by atoms with Crippen LogP contribution in [0.5, 0.6) is 0 Å². The average Bonchev–Trinajstić information content (AvgIpc) is 3.77. The molecular formula is C45H27N3S2. The van der Waals surface area contributed by atoms with E-state index in [1.54, 1.807) is 0 Å². The third kappa shape index (κ3) is 4.90. The highest BCUT2D eigenvalue weighted by molar-refractivity contribution is 7.26. The van der Waals surface area contributed by atoms with Gasteiger partial charge in [0.25, 0.3) is 0 Å². The third-order valence-electron chi connectivity index (χ3n) is 9.34. The molecule has 50 heavy (non-hydrogen) atoms. The van der Waals surface area contributed by atoms with Crippen LogP contribution in [-0.2, 0) is 0 Å². The zero-order chi connectivity index (χ0) is 33.0. The van der Waals surface area contributed by atoms with E-state index in [-0.39, 0.29) is 0 Å². The summed E-state index contributed by atoms with van der Waals surface area (Å²) in [6.07, 6.45) is 0. The largest absolute Gasteiger partial charge is 0.208 e. The first kappa shape index (κ1) is 29.0. The Labute approximate surface area is 296 Å². The molecule has 0 saturated carbocycles. The van der Waals surface area contributed by atoms with Crippen molar-refractivity contribution < 1.29 is 0 Å². The second-order valence-electron chi connectivity index (χ2n) is 12.4. The summed E-state index contributed by atoms with van der Waals surface area (Å²) in [5.74, 6) is 1.95. The molecule has 0 atom stereocenters. The van der Waals surface area contributed by atoms with Crippen LogP contribution in [0.2, 0.25) is 0 Å². The van der Waals surface area contributed by atoms with Gasteiger partial charge in [0.1, 0.15) is 0 Å². The molecule has 0 aliphatic heterocycles. The molecule has 10 rings (SSSR count). The Morgan fingerprint density at radius 1 is 0.320 bits per heavy atom. The summed E-state index contributed by atoms with van der Waals surface area (Å²) < 4.78 is 5.17. The second-order valence-corrected chi connectivity index (χ2v) is 14.5. The van der Waals surface area contributed by atoms with Crippen molar-refractivity contribution in [2.75, 3.05) is 0 Å². The molecule has 10 aromatic rings. The van der Waals surface area contributed by atoms with Crippen LogP contribution < -0.4 is 0 Å². The van der Waals surface area contributed by atoms with Crippen molar-refractivity contribution >= 4 is 63.0 Å². The minimum Gasteiger partial charge on any atom is -0.208 e. The maximum absolute atomic E-state index is 5.15. The van der Waals surface area contributed by atoms with E-state index in [9.17, 15) is 0 Å². The van der Waals surface area contributed by atoms with Crippen LogP contribution in [0.15, 0.2) is 164 Å². The number of rotatable bonds is 5. The Balaban J connectivity index is 1.12. The van der Waals surface area contributed by atoms with Gasteiger partial charge in [-0.2, -0.15) is 0 Å². The normalized spacial score (nSPS) is 11.6. The van der Waals surface area contributed by atoms with Gasteiger partial charge in [0.2, 0.25) is 0 Å². The smallest absolute Gasteiger partial charge is 0.164 e. The Morgan fingerprint density at radius 3 is 1.54 bits per heavy atom. The summed E-state index contributed by atoms with van der Waals surface area (Å²) in [6.45, 7) is 0. The van der Waals surface area contributed by atoms with Crippen LogP contribution in [0.4, 0.5) is 0 Å². The zero-order valence-electron chi connectivity index (χ0n) is 26.7. The Bertz CT molecular complexity index is 2890. The highest BCUT2D eigenvalue weighted by atomic mass is 32.1. The number of hydrogen-bond acceptors (Lipinski definition) is 5. The fraction of sp³-hybridized carbons (Fsp3) is 0. The van der Waals surface area contributed by atoms with E-state index < -0.39 is 0 Å². The maximum Gasteiger partial charge on any atom is 0.164 e. The van der Waals surface area contributed by atoms with E-state index in [1.165, 1.54) is 51.5 Å². The molecular weight excluding hydrogens is 647 g/mol. The molecule has 7 aromatic carbocycles. The SMILES string of the molecule is c1ccc(-c2nc(-c3cccc(-c4cccc5c4sc4ccccc45)c3)nc(-c3cccc(-c4cccc5sc6ccccc6c45)c3)n2)cc1. The van der Waals surface area contributed by atoms with Crippen LogP contribution in [0.25, 0.3) is 96.8 Å². The highest BCUT2D eigenvalue weighted by Crippen LogP contribution is 2.42. The summed E-state index contributed by atoms with van der Waals surface area (Å²) in [6, 6.07) is 57.9. The lowest BCUT2D eigenvalue weighted by molar-refractivity contribution is 1.07. The van der Waals surface area contributed by atoms with Crippen LogP contribution in [0.3, 0.4) is 0 Å². The van der Waals surface area contributed by atoms with Gasteiger partial charge in [0, 0.05) is 57.0 Å². The van der Waals surface area contributed by atoms with Crippen molar-refractivity contribution in [3.8, 4) is 56.4 Å². The topological polar surface area (TPSA) is 38.7 Å². The number of fused-ring (bicyclic) bond motifs is 6. The first-order valence-corrected chi connectivity index (χ1v) is 18.2. The molecule has 0 radical (unpaired) electrons. The van der Waals surface area contributed by atoms with Crippen molar-refractivity contribution in [2.45, 2.75) is 0 Å². The van der Waals surface area contributed by atoms with Crippen LogP contribution in [-0.4, -0.2) is 15.0 Å². The summed E-state index contributed by atoms with van der Waals surface area (Å²) in [5, 5.41) is 5.16. The maximum atomic E-state index is 5.15. The van der Waals surface area contributed by atoms with E-state index in [0.717, 1.165) is 27.8 Å². The van der Waals surface area contributed by atoms with Crippen molar-refractivity contribution in [1.29, 1.82) is 0 Å². The van der Waals surface area contributed by atoms with Gasteiger partial charge in [-0.15, -0.1) is 22.7 Å². The van der Waals surface area contributed by atoms with Crippen molar-refractivity contribution in [2.24, 2.45) is 0 Å². The predicted molar refractivity (Wildman–Crippen MR) is 213 cm³/mol. The van der Waals surface area contributed by atoms with Gasteiger partial charge in [-0.1, -0.05) is 133 Å². The van der Waals surface area contributed by atoms with Crippen molar-refractivity contribution in [3.63, 3.8) is 0 Å². The standard InChI is InChI=1S/C45H27N3S2/c1-2-12-28(13-3-1)43-46-44(31-16-8-14-29(26-31)33-20-11-25-40-41(33)37-19-5-7-24-39(37)49-40)48-45(47-43)32-17-9-15-30(27-32)34-21-10-22-36-35-18-4-6-23-38(35)50-42(34)36/h1-27H. The fourth-order valence-corrected chi connectivity index (χ4v) is 9.36. The Hall–Kier alpha value is -6.01. The van der Waals surface area contributed by atoms with Crippen molar-refractivity contribution in [1.82, 2.24) is 15.0 Å². The number of hydrogen-bond donors (Lipinski definition) is 0. The molecule has 3 nitrogen and oxygen atoms in total. The van der Waals surface area contributed by atoms with Crippen molar-refractivity contribution in [3.05, 3.63) is 164 Å². The van der Waals surface area contributed by atoms with E-state index in [0.29, 0.717) is 17.5 Å². The van der Waals surface area contributed by atoms with E-state index in [2.05, 4.69) is 146 Å². The minimum absolute atomic E-state index is 0.648. The summed E-state index contributed by atoms with van der Waals surface area (Å²) in [5.41, 5.74) is 7.56. The molecule has 0 aliphatic rings. The Morgan fingerprint density at radius 2 is 0.800 bits per heavy atom. The molecule has 0 saturated heterocycles. The van der Waals surface area contributed by atoms with E-state index in [1.807, 2.05) is 40.9 Å². The molecule has 0 bridgehead atoms. The summed E-state index contributed by atoms with van der Waals surface area (Å²) >= 11 is 3.68. The van der Waals surface area contributed by atoms with Crippen LogP contribution >= 0.6 is 22.7 Å². The first-order valence-electron chi connectivity index (χ1n) is 16.6. The van der Waals surface area contributed by atoms with E-state index in [4.69, 9.17) is 15.0 Å². The van der Waals surface area contributed by atoms with Crippen LogP contribution in [0, 0.1) is 0 Å². The highest BCUT2D eigenvalue weighted by Gasteiger charge is 2.16. The van der Waals surface area contributed by atoms with Gasteiger partial charge < -0.3 is 0 Å². The van der Waals surface area contributed by atoms with Gasteiger partial charge in [-0.05, 0) is 52.6 Å². The third-order valence-corrected chi connectivity index (χ3v) is 11.7.